The molecule has 4 aliphatic heterocycles. The van der Waals surface area contributed by atoms with E-state index in [4.69, 9.17) is 0 Å². The van der Waals surface area contributed by atoms with Gasteiger partial charge in [0.05, 0.1) is 6.17 Å². The molecule has 1 aromatic heterocycles. The lowest BCUT2D eigenvalue weighted by Gasteiger charge is -2.66. The highest BCUT2D eigenvalue weighted by Crippen LogP contribution is 2.54. The largest absolute Gasteiger partial charge is 0.343 e. The van der Waals surface area contributed by atoms with Crippen molar-refractivity contribution in [2.75, 3.05) is 26.2 Å². The van der Waals surface area contributed by atoms with Crippen LogP contribution in [0, 0.1) is 10.8 Å². The Bertz CT molecular complexity index is 998. The van der Waals surface area contributed by atoms with Crippen molar-refractivity contribution >= 4 is 10.9 Å². The lowest BCUT2D eigenvalue weighted by Crippen LogP contribution is -2.70. The number of benzene rings is 2. The highest BCUT2D eigenvalue weighted by Gasteiger charge is 2.56. The van der Waals surface area contributed by atoms with Crippen LogP contribution in [0.25, 0.3) is 10.9 Å². The van der Waals surface area contributed by atoms with Gasteiger partial charge in [0, 0.05) is 55.4 Å². The van der Waals surface area contributed by atoms with E-state index in [0.717, 1.165) is 6.54 Å². The Morgan fingerprint density at radius 1 is 0.821 bits per heavy atom. The predicted molar refractivity (Wildman–Crippen MR) is 114 cm³/mol. The number of hydrogen-bond donors (Lipinski definition) is 0. The number of nitrogens with zero attached hydrogens (tertiary/aromatic N) is 3. The molecule has 0 amide bonds. The molecule has 0 spiro atoms. The van der Waals surface area contributed by atoms with Gasteiger partial charge >= 0.3 is 0 Å². The zero-order valence-electron chi connectivity index (χ0n) is 16.9. The molecule has 4 bridgehead atoms. The Labute approximate surface area is 167 Å². The van der Waals surface area contributed by atoms with Crippen LogP contribution in [0.2, 0.25) is 0 Å². The van der Waals surface area contributed by atoms with Gasteiger partial charge < -0.3 is 4.57 Å². The zero-order chi connectivity index (χ0) is 18.9. The van der Waals surface area contributed by atoms with Crippen molar-refractivity contribution in [3.63, 3.8) is 0 Å². The molecule has 28 heavy (non-hydrogen) atoms. The Balaban J connectivity index is 1.44. The summed E-state index contributed by atoms with van der Waals surface area (Å²) in [5.74, 6) is 0. The van der Waals surface area contributed by atoms with Crippen molar-refractivity contribution in [1.29, 1.82) is 0 Å². The van der Waals surface area contributed by atoms with Gasteiger partial charge in [0.25, 0.3) is 0 Å². The molecular formula is C25H29N3. The van der Waals surface area contributed by atoms with Gasteiger partial charge in [-0.2, -0.15) is 0 Å². The van der Waals surface area contributed by atoms with Gasteiger partial charge in [-0.15, -0.1) is 0 Å². The molecule has 0 aliphatic carbocycles. The van der Waals surface area contributed by atoms with Crippen LogP contribution >= 0.6 is 0 Å². The van der Waals surface area contributed by atoms with Crippen molar-refractivity contribution in [3.8, 4) is 0 Å². The maximum absolute atomic E-state index is 2.77. The molecule has 7 rings (SSSR count). The van der Waals surface area contributed by atoms with Crippen molar-refractivity contribution < 1.29 is 0 Å². The Morgan fingerprint density at radius 3 is 2.11 bits per heavy atom. The second-order valence-corrected chi connectivity index (χ2v) is 10.2. The molecule has 3 nitrogen and oxygen atoms in total. The molecule has 3 heteroatoms. The molecule has 0 radical (unpaired) electrons. The molecule has 0 N–H and O–H groups in total. The van der Waals surface area contributed by atoms with E-state index in [0.29, 0.717) is 17.0 Å². The van der Waals surface area contributed by atoms with E-state index in [1.165, 1.54) is 54.6 Å². The molecule has 0 saturated carbocycles. The van der Waals surface area contributed by atoms with Crippen LogP contribution in [-0.2, 0) is 6.54 Å². The zero-order valence-corrected chi connectivity index (χ0v) is 16.9. The molecule has 0 unspecified atom stereocenters. The summed E-state index contributed by atoms with van der Waals surface area (Å²) in [6, 6.07) is 19.8. The van der Waals surface area contributed by atoms with E-state index in [2.05, 4.69) is 89.0 Å². The topological polar surface area (TPSA) is 11.4 Å². The van der Waals surface area contributed by atoms with Gasteiger partial charge in [-0.05, 0) is 28.9 Å². The molecule has 0 atom stereocenters. The minimum atomic E-state index is 0.434. The summed E-state index contributed by atoms with van der Waals surface area (Å²) in [7, 11) is 0. The third-order valence-corrected chi connectivity index (χ3v) is 7.18. The van der Waals surface area contributed by atoms with Crippen LogP contribution in [-0.4, -0.2) is 40.5 Å². The molecule has 2 aromatic carbocycles. The fourth-order valence-electron chi connectivity index (χ4n) is 6.79. The van der Waals surface area contributed by atoms with Crippen molar-refractivity contribution in [3.05, 3.63) is 71.9 Å². The van der Waals surface area contributed by atoms with Crippen LogP contribution in [0.3, 0.4) is 0 Å². The molecule has 4 saturated heterocycles. The standard InChI is InChI=1S/C25H29N3/c1-24-14-25(2)17-27(15-24)23(28(16-24)18-25)21-13-26(12-19-8-4-3-5-9-19)22-11-7-6-10-20(21)22/h3-11,13,23H,12,14-18H2,1-2H3. The SMILES string of the molecule is CC12CN3CC(C)(CN(C1)C3c1cn(Cc3ccccc3)c3ccccc13)C2. The third-order valence-electron chi connectivity index (χ3n) is 7.18. The van der Waals surface area contributed by atoms with Gasteiger partial charge in [-0.3, -0.25) is 9.80 Å². The lowest BCUT2D eigenvalue weighted by atomic mass is 9.63. The highest BCUT2D eigenvalue weighted by molar-refractivity contribution is 5.84. The maximum atomic E-state index is 2.77. The summed E-state index contributed by atoms with van der Waals surface area (Å²) in [6.07, 6.45) is 4.26. The third kappa shape index (κ3) is 2.49. The first-order chi connectivity index (χ1) is 13.5. The van der Waals surface area contributed by atoms with Gasteiger partial charge in [-0.1, -0.05) is 62.4 Å². The van der Waals surface area contributed by atoms with Crippen LogP contribution in [0.15, 0.2) is 60.8 Å². The monoisotopic (exact) mass is 371 g/mol. The Morgan fingerprint density at radius 2 is 1.43 bits per heavy atom. The fourth-order valence-corrected chi connectivity index (χ4v) is 6.79. The minimum Gasteiger partial charge on any atom is -0.343 e. The molecular weight excluding hydrogens is 342 g/mol. The number of fused-ring (bicyclic) bond motifs is 1. The van der Waals surface area contributed by atoms with Crippen molar-refractivity contribution in [2.24, 2.45) is 10.8 Å². The molecule has 5 heterocycles. The summed E-state index contributed by atoms with van der Waals surface area (Å²) >= 11 is 0. The van der Waals surface area contributed by atoms with E-state index in [1.54, 1.807) is 0 Å². The van der Waals surface area contributed by atoms with E-state index < -0.39 is 0 Å². The van der Waals surface area contributed by atoms with Gasteiger partial charge in [0.15, 0.2) is 0 Å². The first-order valence-electron chi connectivity index (χ1n) is 10.6. The first-order valence-corrected chi connectivity index (χ1v) is 10.6. The quantitative estimate of drug-likeness (QED) is 0.659. The average Bonchev–Trinajstić information content (AvgIpc) is 2.99. The first kappa shape index (κ1) is 16.8. The predicted octanol–water partition coefficient (Wildman–Crippen LogP) is 4.74. The van der Waals surface area contributed by atoms with Crippen molar-refractivity contribution in [2.45, 2.75) is 33.0 Å². The number of hydrogen-bond acceptors (Lipinski definition) is 2. The van der Waals surface area contributed by atoms with E-state index in [9.17, 15) is 0 Å². The van der Waals surface area contributed by atoms with Crippen LogP contribution in [0.4, 0.5) is 0 Å². The molecule has 4 aliphatic rings. The molecule has 3 aromatic rings. The van der Waals surface area contributed by atoms with Crippen LogP contribution in [0.1, 0.15) is 37.6 Å². The second kappa shape index (κ2) is 5.71. The average molecular weight is 372 g/mol. The summed E-state index contributed by atoms with van der Waals surface area (Å²) in [5.41, 5.74) is 5.14. The summed E-state index contributed by atoms with van der Waals surface area (Å²) in [6.45, 7) is 10.9. The van der Waals surface area contributed by atoms with Gasteiger partial charge in [0.1, 0.15) is 0 Å². The van der Waals surface area contributed by atoms with Gasteiger partial charge in [0.2, 0.25) is 0 Å². The number of rotatable bonds is 3. The van der Waals surface area contributed by atoms with Crippen LogP contribution < -0.4 is 0 Å². The Kier molecular flexibility index (Phi) is 3.43. The summed E-state index contributed by atoms with van der Waals surface area (Å²) < 4.78 is 2.46. The number of aromatic nitrogens is 1. The Hall–Kier alpha value is -2.10. The molecule has 144 valence electrons. The number of para-hydroxylation sites is 1. The lowest BCUT2D eigenvalue weighted by molar-refractivity contribution is -0.194. The van der Waals surface area contributed by atoms with E-state index >= 15 is 0 Å². The highest BCUT2D eigenvalue weighted by atomic mass is 15.4. The summed E-state index contributed by atoms with van der Waals surface area (Å²) in [5, 5.41) is 1.42. The van der Waals surface area contributed by atoms with Crippen molar-refractivity contribution in [1.82, 2.24) is 14.4 Å². The number of piperidine rings is 2. The minimum absolute atomic E-state index is 0.434. The summed E-state index contributed by atoms with van der Waals surface area (Å²) in [4.78, 5) is 5.54. The maximum Gasteiger partial charge on any atom is 0.0907 e. The van der Waals surface area contributed by atoms with E-state index in [-0.39, 0.29) is 0 Å². The van der Waals surface area contributed by atoms with Crippen LogP contribution in [0.5, 0.6) is 0 Å². The fraction of sp³-hybridized carbons (Fsp3) is 0.440. The van der Waals surface area contributed by atoms with Gasteiger partial charge in [-0.25, -0.2) is 0 Å². The molecule has 4 fully saturated rings. The smallest absolute Gasteiger partial charge is 0.0907 e. The normalized spacial score (nSPS) is 36.3. The van der Waals surface area contributed by atoms with E-state index in [1.807, 2.05) is 0 Å². The second-order valence-electron chi connectivity index (χ2n) is 10.2.